The van der Waals surface area contributed by atoms with Gasteiger partial charge in [0.25, 0.3) is 5.56 Å². The average Bonchev–Trinajstić information content (AvgIpc) is 3.13. The molecular weight excluding hydrogens is 424 g/mol. The molecule has 0 unspecified atom stereocenters. The van der Waals surface area contributed by atoms with Crippen molar-refractivity contribution in [2.45, 2.75) is 44.3 Å². The number of rotatable bonds is 5. The largest absolute Gasteiger partial charge is 0.303 e. The number of likely N-dealkylation sites (N-methyl/N-ethyl adjacent to an activating group) is 1. The number of nitrogens with zero attached hydrogens (tertiary/aromatic N) is 4. The molecule has 0 saturated carbocycles. The summed E-state index contributed by atoms with van der Waals surface area (Å²) in [5.41, 5.74) is 3.43. The zero-order valence-electron chi connectivity index (χ0n) is 18.4. The summed E-state index contributed by atoms with van der Waals surface area (Å²) in [4.78, 5) is 25.9. The minimum atomic E-state index is 0.0939. The van der Waals surface area contributed by atoms with Gasteiger partial charge in [-0.1, -0.05) is 35.9 Å². The molecule has 0 bridgehead atoms. The second-order valence-corrected chi connectivity index (χ2v) is 10.9. The molecule has 5 rings (SSSR count). The van der Waals surface area contributed by atoms with Crippen LogP contribution in [0.5, 0.6) is 0 Å². The van der Waals surface area contributed by atoms with E-state index in [9.17, 15) is 4.79 Å². The van der Waals surface area contributed by atoms with Gasteiger partial charge in [-0.05, 0) is 64.0 Å². The molecule has 2 aromatic heterocycles. The lowest BCUT2D eigenvalue weighted by molar-refractivity contribution is 0.242. The Labute approximate surface area is 192 Å². The molecule has 0 spiro atoms. The number of likely N-dealkylation sites (tertiary alicyclic amines) is 1. The van der Waals surface area contributed by atoms with E-state index in [1.807, 2.05) is 16.7 Å². The second kappa shape index (κ2) is 9.06. The van der Waals surface area contributed by atoms with Gasteiger partial charge in [0.05, 0.1) is 11.1 Å². The van der Waals surface area contributed by atoms with Crippen LogP contribution >= 0.6 is 23.1 Å². The van der Waals surface area contributed by atoms with Gasteiger partial charge in [0.1, 0.15) is 4.83 Å². The Balaban J connectivity index is 1.54. The zero-order chi connectivity index (χ0) is 21.4. The summed E-state index contributed by atoms with van der Waals surface area (Å²) in [6, 6.07) is 8.25. The molecule has 0 atom stereocenters. The van der Waals surface area contributed by atoms with Crippen molar-refractivity contribution in [3.63, 3.8) is 0 Å². The molecule has 1 saturated heterocycles. The minimum absolute atomic E-state index is 0.0939. The first-order chi connectivity index (χ1) is 15.1. The molecule has 5 nitrogen and oxygen atoms in total. The lowest BCUT2D eigenvalue weighted by Gasteiger charge is -2.26. The molecule has 4 heterocycles. The van der Waals surface area contributed by atoms with E-state index in [4.69, 9.17) is 4.98 Å². The van der Waals surface area contributed by atoms with Gasteiger partial charge in [0.15, 0.2) is 5.16 Å². The summed E-state index contributed by atoms with van der Waals surface area (Å²) < 4.78 is 1.86. The quantitative estimate of drug-likeness (QED) is 0.424. The highest BCUT2D eigenvalue weighted by Crippen LogP contribution is 2.34. The predicted molar refractivity (Wildman–Crippen MR) is 131 cm³/mol. The molecule has 164 valence electrons. The summed E-state index contributed by atoms with van der Waals surface area (Å²) in [6.07, 6.45) is 4.89. The topological polar surface area (TPSA) is 41.4 Å². The first-order valence-corrected chi connectivity index (χ1v) is 13.1. The molecular formula is C24H30N4OS2. The summed E-state index contributed by atoms with van der Waals surface area (Å²) in [5, 5.41) is 1.67. The third-order valence-corrected chi connectivity index (χ3v) is 8.44. The van der Waals surface area contributed by atoms with Crippen molar-refractivity contribution < 1.29 is 0 Å². The van der Waals surface area contributed by atoms with E-state index in [-0.39, 0.29) is 5.56 Å². The Morgan fingerprint density at radius 2 is 1.87 bits per heavy atom. The van der Waals surface area contributed by atoms with Gasteiger partial charge in [0, 0.05) is 30.3 Å². The van der Waals surface area contributed by atoms with Crippen LogP contribution in [0.3, 0.4) is 0 Å². The van der Waals surface area contributed by atoms with Crippen molar-refractivity contribution in [2.75, 3.05) is 39.0 Å². The van der Waals surface area contributed by atoms with Crippen LogP contribution in [0.25, 0.3) is 15.9 Å². The Bertz CT molecular complexity index is 1130. The number of thioether (sulfide) groups is 1. The van der Waals surface area contributed by atoms with Crippen LogP contribution in [-0.2, 0) is 13.0 Å². The maximum absolute atomic E-state index is 13.8. The van der Waals surface area contributed by atoms with E-state index < -0.39 is 0 Å². The van der Waals surface area contributed by atoms with Gasteiger partial charge in [-0.15, -0.1) is 11.3 Å². The Morgan fingerprint density at radius 3 is 2.65 bits per heavy atom. The molecule has 0 radical (unpaired) electrons. The van der Waals surface area contributed by atoms with E-state index in [2.05, 4.69) is 35.9 Å². The average molecular weight is 455 g/mol. The van der Waals surface area contributed by atoms with E-state index >= 15 is 0 Å². The van der Waals surface area contributed by atoms with Crippen molar-refractivity contribution in [3.05, 3.63) is 50.6 Å². The summed E-state index contributed by atoms with van der Waals surface area (Å²) in [7, 11) is 2.15. The van der Waals surface area contributed by atoms with Crippen molar-refractivity contribution in [3.8, 4) is 5.69 Å². The molecule has 7 heteroatoms. The van der Waals surface area contributed by atoms with Gasteiger partial charge >= 0.3 is 0 Å². The third kappa shape index (κ3) is 4.33. The fourth-order valence-corrected chi connectivity index (χ4v) is 6.97. The number of aromatic nitrogens is 2. The van der Waals surface area contributed by atoms with Crippen LogP contribution in [0.4, 0.5) is 0 Å². The maximum atomic E-state index is 13.8. The standard InChI is InChI=1S/C24H30N4OS2/c1-17-6-8-18(9-7-17)28-23(29)21-19-10-13-26(2)16-20(19)31-22(21)25-24(28)30-15-14-27-11-4-3-5-12-27/h6-9H,3-5,10-16H2,1-2H3. The fraction of sp³-hybridized carbons (Fsp3) is 0.500. The SMILES string of the molecule is Cc1ccc(-n2c(SCCN3CCCCC3)nc3sc4c(c3c2=O)CCN(C)C4)cc1. The first-order valence-electron chi connectivity index (χ1n) is 11.3. The van der Waals surface area contributed by atoms with Crippen LogP contribution in [-0.4, -0.2) is 58.3 Å². The van der Waals surface area contributed by atoms with Gasteiger partial charge in [-0.3, -0.25) is 9.36 Å². The maximum Gasteiger partial charge on any atom is 0.267 e. The number of piperidine rings is 1. The lowest BCUT2D eigenvalue weighted by atomic mass is 10.1. The van der Waals surface area contributed by atoms with Crippen LogP contribution < -0.4 is 5.56 Å². The van der Waals surface area contributed by atoms with Crippen molar-refractivity contribution >= 4 is 33.3 Å². The van der Waals surface area contributed by atoms with Crippen molar-refractivity contribution in [1.29, 1.82) is 0 Å². The van der Waals surface area contributed by atoms with E-state index in [1.54, 1.807) is 23.1 Å². The minimum Gasteiger partial charge on any atom is -0.303 e. The van der Waals surface area contributed by atoms with Crippen LogP contribution in [0.2, 0.25) is 0 Å². The third-order valence-electron chi connectivity index (χ3n) is 6.41. The van der Waals surface area contributed by atoms with Gasteiger partial charge in [0.2, 0.25) is 0 Å². The van der Waals surface area contributed by atoms with Crippen LogP contribution in [0.15, 0.2) is 34.2 Å². The summed E-state index contributed by atoms with van der Waals surface area (Å²) in [5.74, 6) is 0.956. The number of benzene rings is 1. The number of hydrogen-bond acceptors (Lipinski definition) is 6. The number of aryl methyl sites for hydroxylation is 1. The Morgan fingerprint density at radius 1 is 1.10 bits per heavy atom. The molecule has 0 amide bonds. The van der Waals surface area contributed by atoms with E-state index in [1.165, 1.54) is 48.4 Å². The fourth-order valence-electron chi connectivity index (χ4n) is 4.62. The molecule has 1 fully saturated rings. The first kappa shape index (κ1) is 21.2. The Hall–Kier alpha value is -1.67. The number of thiophene rings is 1. The van der Waals surface area contributed by atoms with E-state index in [0.29, 0.717) is 0 Å². The lowest BCUT2D eigenvalue weighted by Crippen LogP contribution is -2.31. The van der Waals surface area contributed by atoms with Crippen LogP contribution in [0.1, 0.15) is 35.3 Å². The molecule has 2 aliphatic rings. The van der Waals surface area contributed by atoms with E-state index in [0.717, 1.165) is 52.9 Å². The van der Waals surface area contributed by atoms with Crippen LogP contribution in [0, 0.1) is 6.92 Å². The zero-order valence-corrected chi connectivity index (χ0v) is 20.0. The van der Waals surface area contributed by atoms with Gasteiger partial charge in [-0.2, -0.15) is 0 Å². The molecule has 31 heavy (non-hydrogen) atoms. The number of hydrogen-bond donors (Lipinski definition) is 0. The van der Waals surface area contributed by atoms with Crippen molar-refractivity contribution in [1.82, 2.24) is 19.4 Å². The summed E-state index contributed by atoms with van der Waals surface area (Å²) in [6.45, 7) is 7.44. The highest BCUT2D eigenvalue weighted by atomic mass is 32.2. The number of fused-ring (bicyclic) bond motifs is 3. The smallest absolute Gasteiger partial charge is 0.267 e. The van der Waals surface area contributed by atoms with Crippen molar-refractivity contribution in [2.24, 2.45) is 0 Å². The second-order valence-electron chi connectivity index (χ2n) is 8.79. The van der Waals surface area contributed by atoms with Gasteiger partial charge < -0.3 is 9.80 Å². The van der Waals surface area contributed by atoms with Gasteiger partial charge in [-0.25, -0.2) is 4.98 Å². The monoisotopic (exact) mass is 454 g/mol. The highest BCUT2D eigenvalue weighted by Gasteiger charge is 2.24. The molecule has 3 aromatic rings. The molecule has 0 aliphatic carbocycles. The normalized spacial score (nSPS) is 17.9. The highest BCUT2D eigenvalue weighted by molar-refractivity contribution is 7.99. The Kier molecular flexibility index (Phi) is 6.19. The molecule has 2 aliphatic heterocycles. The molecule has 0 N–H and O–H groups in total. The summed E-state index contributed by atoms with van der Waals surface area (Å²) >= 11 is 3.43. The molecule has 1 aromatic carbocycles. The predicted octanol–water partition coefficient (Wildman–Crippen LogP) is 4.32.